The SMILES string of the molecule is CO[C@H]1OC(=O)C=C2C1=C[C@H]1OC(=O)[C@@]3(C)CCC[C@@]2(C)[C@@H]13.CO[C@H]1OC(=O)C=C2[C@@]13O[C@@H]3[C@H]1OC(=O)[C@@]3(C)CCC[C@@]2(C)[C@@H]13.C[C@@]12CCC[C@]3(C)C4=CC(=O)OCC4=C[C@@H](OC1=O)[C@@H]23.C[C@@]12CCC[C@]3(C)C4=CC(=O)O[C@H](O)C4=C[C@@H](OC1=O)[C@@H]23.C[C@@]12CCC[C@]3(C)C4=CC(=O)O[C@H](O)[C@]45O[C@@H]5[C@@H](OC1=O)[C@@H]23.C[C@]1(C(=O)O)CCC[C@]2(C)C3=CC(=O)OCC3=CC[C@@H]12. The Balaban J connectivity index is 0.0000000965. The zero-order chi connectivity index (χ0) is 91.0. The molecule has 0 aromatic heterocycles. The molecular formula is C98H114O30. The van der Waals surface area contributed by atoms with Gasteiger partial charge in [0.2, 0.25) is 25.2 Å². The third kappa shape index (κ3) is 11.6. The van der Waals surface area contributed by atoms with Crippen molar-refractivity contribution in [1.82, 2.24) is 0 Å². The lowest BCUT2D eigenvalue weighted by Crippen LogP contribution is -2.60. The molecule has 2 spiro atoms. The van der Waals surface area contributed by atoms with Gasteiger partial charge in [0, 0.05) is 108 Å². The molecule has 686 valence electrons. The molecule has 30 heteroatoms. The highest BCUT2D eigenvalue weighted by atomic mass is 16.8. The molecule has 0 amide bonds. The van der Waals surface area contributed by atoms with Crippen LogP contribution in [-0.4, -0.2) is 193 Å². The van der Waals surface area contributed by atoms with E-state index in [1.807, 2.05) is 53.7 Å². The lowest BCUT2D eigenvalue weighted by atomic mass is 9.48. The molecule has 8 saturated carbocycles. The Labute approximate surface area is 740 Å². The molecule has 15 fully saturated rings. The summed E-state index contributed by atoms with van der Waals surface area (Å²) in [6.07, 6.45) is 27.5. The van der Waals surface area contributed by atoms with Crippen LogP contribution in [-0.2, 0) is 129 Å². The molecule has 12 aliphatic carbocycles. The van der Waals surface area contributed by atoms with Crippen molar-refractivity contribution in [2.24, 2.45) is 100 Å². The Kier molecular flexibility index (Phi) is 19.3. The van der Waals surface area contributed by atoms with Gasteiger partial charge in [0.15, 0.2) is 11.2 Å². The summed E-state index contributed by atoms with van der Waals surface area (Å²) < 4.78 is 81.6. The number of aliphatic hydroxyl groups excluding tert-OH is 2. The summed E-state index contributed by atoms with van der Waals surface area (Å²) in [5, 5.41) is 30.0. The van der Waals surface area contributed by atoms with Crippen LogP contribution < -0.4 is 0 Å². The number of rotatable bonds is 3. The zero-order valence-corrected chi connectivity index (χ0v) is 74.8. The average molecular weight is 1770 g/mol. The number of hydrogen-bond donors (Lipinski definition) is 3. The molecule has 13 heterocycles. The van der Waals surface area contributed by atoms with Gasteiger partial charge in [0.1, 0.15) is 55.9 Å². The quantitative estimate of drug-likeness (QED) is 0.134. The number of epoxide rings is 2. The highest BCUT2D eigenvalue weighted by Gasteiger charge is 2.85. The van der Waals surface area contributed by atoms with Gasteiger partial charge < -0.3 is 86.4 Å². The van der Waals surface area contributed by atoms with E-state index in [1.54, 1.807) is 30.4 Å². The second kappa shape index (κ2) is 28.4. The molecule has 30 nitrogen and oxygen atoms in total. The van der Waals surface area contributed by atoms with Crippen molar-refractivity contribution in [3.8, 4) is 0 Å². The molecule has 25 aliphatic rings. The fraction of sp³-hybridized carbons (Fsp3) is 0.673. The first-order valence-electron chi connectivity index (χ1n) is 45.7. The predicted molar refractivity (Wildman–Crippen MR) is 439 cm³/mol. The molecule has 0 aromatic carbocycles. The first-order valence-corrected chi connectivity index (χ1v) is 45.7. The lowest BCUT2D eigenvalue weighted by molar-refractivity contribution is -0.187. The van der Waals surface area contributed by atoms with Gasteiger partial charge in [-0.05, 0) is 210 Å². The second-order valence-corrected chi connectivity index (χ2v) is 43.4. The minimum Gasteiger partial charge on any atom is -0.481 e. The molecule has 25 rings (SSSR count). The number of ether oxygens (including phenoxy) is 15. The maximum Gasteiger partial charge on any atom is 0.333 e. The predicted octanol–water partition coefficient (Wildman–Crippen LogP) is 10.4. The van der Waals surface area contributed by atoms with E-state index in [0.717, 1.165) is 166 Å². The van der Waals surface area contributed by atoms with E-state index in [2.05, 4.69) is 47.6 Å². The Morgan fingerprint density at radius 1 is 0.367 bits per heavy atom. The van der Waals surface area contributed by atoms with Gasteiger partial charge in [-0.15, -0.1) is 0 Å². The first-order chi connectivity index (χ1) is 60.3. The molecule has 0 bridgehead atoms. The van der Waals surface area contributed by atoms with Crippen molar-refractivity contribution < 1.29 is 144 Å². The molecule has 0 aromatic rings. The lowest BCUT2D eigenvalue weighted by Gasteiger charge is -2.54. The van der Waals surface area contributed by atoms with Crippen LogP contribution in [0.15, 0.2) is 116 Å². The molecule has 7 saturated heterocycles. The van der Waals surface area contributed by atoms with Crippen LogP contribution in [0.3, 0.4) is 0 Å². The molecule has 128 heavy (non-hydrogen) atoms. The number of carboxylic acid groups (broad SMARTS) is 1. The van der Waals surface area contributed by atoms with Crippen molar-refractivity contribution in [3.05, 3.63) is 116 Å². The van der Waals surface area contributed by atoms with Gasteiger partial charge in [0.25, 0.3) is 0 Å². The number of carbonyl (C=O) groups is 12. The standard InChI is InChI=1S/C17H20O6.C17H20O5.C16H18O6.C16H18O5.C16H18O4.C16H20O4/c1-15-5-4-6-16(2)11(15)10(22-13(16)19)12-17(23-12)8(15)7-9(18)21-14(17)20-3;1-16-5-4-6-17(2)13(16)11(21-15(17)19)7-9-10(16)8-12(18)22-14(9)20-3;1-14-4-3-5-15(2)10(14)9(21-12(15)18)11-16(22-11)7(14)6-8(17)20-13(16)19;1-15-4-3-5-16(2)12(15)10(20-14(16)19)6-8-9(15)7-11(17)21-13(8)18;1-15-4-3-5-16(2)13(15)11(20-14(16)18)6-9-8-19-12(17)7-10(9)15;1-15-6-3-7-16(2,14(18)19)12(15)5-4-10-9-20-13(17)8-11(10)15/h7,10-12,14H,4-6H2,1-3H3;7-8,11,13-14H,4-6H2,1-3H3;6,9-11,13,19H,3-5H2,1-2H3;6-7,10,12-13,18H,3-5H2,1-2H3;6-7,11,13H,3-5,8H2,1-2H3;4,8,12H,3,5-7,9H2,1-2H3,(H,18,19)/t10-,11+,12+,14-,15+,16-,17-;11-,13-,14+,16-,17+;9-,10+,11+,13-,14+,15-,16-;10-,12-,13+,15-,16+;11-,13-,15-,16+;12-,15-,16+/m010111/s1. The maximum absolute atomic E-state index is 12.6. The van der Waals surface area contributed by atoms with Crippen LogP contribution in [0.1, 0.15) is 205 Å². The number of fused-ring (bicyclic) bond motifs is 13. The van der Waals surface area contributed by atoms with E-state index in [4.69, 9.17) is 71.1 Å². The minimum absolute atomic E-state index is 0.0133. The smallest absolute Gasteiger partial charge is 0.333 e. The normalized spacial score (nSPS) is 49.1. The topological polar surface area (TPSA) is 411 Å². The number of carboxylic acids is 1. The Morgan fingerprint density at radius 3 is 1.24 bits per heavy atom. The molecule has 0 radical (unpaired) electrons. The average Bonchev–Trinajstić information content (AvgIpc) is 1.48. The molecule has 3 N–H and O–H groups in total. The van der Waals surface area contributed by atoms with Gasteiger partial charge >= 0.3 is 71.6 Å². The Morgan fingerprint density at radius 2 is 0.742 bits per heavy atom. The van der Waals surface area contributed by atoms with E-state index in [1.165, 1.54) is 26.4 Å². The Hall–Kier alpha value is -9.20. The van der Waals surface area contributed by atoms with Crippen molar-refractivity contribution in [1.29, 1.82) is 0 Å². The monoisotopic (exact) mass is 1770 g/mol. The fourth-order valence-electron chi connectivity index (χ4n) is 31.1. The number of allylic oxidation sites excluding steroid dienone is 1. The van der Waals surface area contributed by atoms with Crippen LogP contribution in [0.4, 0.5) is 0 Å². The minimum atomic E-state index is -1.32. The van der Waals surface area contributed by atoms with Crippen LogP contribution in [0, 0.1) is 100 Å². The number of methoxy groups -OCH3 is 2. The van der Waals surface area contributed by atoms with E-state index in [-0.39, 0.29) is 147 Å². The van der Waals surface area contributed by atoms with Gasteiger partial charge in [-0.25, -0.2) is 28.8 Å². The van der Waals surface area contributed by atoms with Crippen LogP contribution in [0.2, 0.25) is 0 Å². The van der Waals surface area contributed by atoms with E-state index >= 15 is 0 Å². The van der Waals surface area contributed by atoms with Gasteiger partial charge in [-0.2, -0.15) is 0 Å². The van der Waals surface area contributed by atoms with E-state index < -0.39 is 104 Å². The van der Waals surface area contributed by atoms with E-state index in [0.29, 0.717) is 25.2 Å². The third-order valence-corrected chi connectivity index (χ3v) is 36.8. The van der Waals surface area contributed by atoms with Gasteiger partial charge in [0.05, 0.1) is 32.5 Å². The summed E-state index contributed by atoms with van der Waals surface area (Å²) in [7, 11) is 3.02. The second-order valence-electron chi connectivity index (χ2n) is 43.4. The number of carbonyl (C=O) groups excluding carboxylic acids is 11. The van der Waals surface area contributed by atoms with Crippen LogP contribution in [0.5, 0.6) is 0 Å². The molecule has 0 unspecified atom stereocenters. The molecule has 31 atom stereocenters. The summed E-state index contributed by atoms with van der Waals surface area (Å²) in [4.78, 5) is 145. The summed E-state index contributed by atoms with van der Waals surface area (Å²) in [5.74, 6) is -3.54. The van der Waals surface area contributed by atoms with Crippen molar-refractivity contribution in [3.63, 3.8) is 0 Å². The largest absolute Gasteiger partial charge is 0.481 e. The number of hydrogen-bond acceptors (Lipinski definition) is 29. The van der Waals surface area contributed by atoms with Crippen molar-refractivity contribution >= 4 is 71.6 Å². The van der Waals surface area contributed by atoms with Gasteiger partial charge in [-0.1, -0.05) is 86.1 Å². The van der Waals surface area contributed by atoms with Gasteiger partial charge in [-0.3, -0.25) is 28.8 Å². The highest BCUT2D eigenvalue weighted by Crippen LogP contribution is 2.76. The van der Waals surface area contributed by atoms with Crippen molar-refractivity contribution in [2.75, 3.05) is 27.4 Å². The number of aliphatic hydroxyl groups is 2. The third-order valence-electron chi connectivity index (χ3n) is 36.8. The summed E-state index contributed by atoms with van der Waals surface area (Å²) in [6, 6.07) is 0. The molecule has 13 aliphatic heterocycles. The summed E-state index contributed by atoms with van der Waals surface area (Å²) in [5.41, 5.74) is 2.48. The van der Waals surface area contributed by atoms with Crippen LogP contribution >= 0.6 is 0 Å². The fourth-order valence-corrected chi connectivity index (χ4v) is 31.1. The first kappa shape index (κ1) is 86.8. The summed E-state index contributed by atoms with van der Waals surface area (Å²) >= 11 is 0. The number of cyclic esters (lactones) is 6. The number of esters is 11. The molecular weight excluding hydrogens is 1660 g/mol. The van der Waals surface area contributed by atoms with Crippen LogP contribution in [0.25, 0.3) is 0 Å². The van der Waals surface area contributed by atoms with E-state index in [9.17, 15) is 72.9 Å². The zero-order valence-electron chi connectivity index (χ0n) is 74.8. The highest BCUT2D eigenvalue weighted by molar-refractivity contribution is 5.92. The maximum atomic E-state index is 12.6. The number of aliphatic carboxylic acids is 1. The van der Waals surface area contributed by atoms with Crippen molar-refractivity contribution in [2.45, 2.75) is 284 Å². The Bertz CT molecular complexity index is 5370. The summed E-state index contributed by atoms with van der Waals surface area (Å²) in [6.45, 7) is 25.2.